The fourth-order valence-electron chi connectivity index (χ4n) is 3.08. The molecule has 4 rings (SSSR count). The molecule has 0 spiro atoms. The number of hydrogen-bond donors (Lipinski definition) is 0. The summed E-state index contributed by atoms with van der Waals surface area (Å²) in [6.07, 6.45) is 0. The number of ether oxygens (including phenoxy) is 1. The monoisotopic (exact) mass is 405 g/mol. The second-order valence-electron chi connectivity index (χ2n) is 7.11. The first kappa shape index (κ1) is 19.4. The van der Waals surface area contributed by atoms with Crippen LogP contribution in [0.15, 0.2) is 66.7 Å². The number of aromatic nitrogens is 1. The maximum atomic E-state index is 13.0. The highest BCUT2D eigenvalue weighted by atomic mass is 32.1. The first-order valence-electron chi connectivity index (χ1n) is 9.52. The van der Waals surface area contributed by atoms with Gasteiger partial charge in [0.15, 0.2) is 11.7 Å². The van der Waals surface area contributed by atoms with Crippen molar-refractivity contribution in [1.82, 2.24) is 9.88 Å². The highest BCUT2D eigenvalue weighted by Crippen LogP contribution is 2.29. The molecule has 0 aliphatic carbocycles. The molecule has 0 aliphatic rings. The number of nitrogens with zero attached hydrogens (tertiary/aromatic N) is 3. The van der Waals surface area contributed by atoms with Crippen molar-refractivity contribution >= 4 is 43.4 Å². The third kappa shape index (κ3) is 4.55. The van der Waals surface area contributed by atoms with Gasteiger partial charge in [0.2, 0.25) is 0 Å². The molecule has 0 saturated carbocycles. The number of carbonyl (C=O) groups excluding carboxylic acids is 1. The third-order valence-corrected chi connectivity index (χ3v) is 5.73. The first-order valence-corrected chi connectivity index (χ1v) is 10.3. The van der Waals surface area contributed by atoms with Gasteiger partial charge in [0.05, 0.1) is 10.2 Å². The molecular weight excluding hydrogens is 382 g/mol. The quantitative estimate of drug-likeness (QED) is 0.457. The minimum atomic E-state index is -0.0981. The van der Waals surface area contributed by atoms with E-state index in [2.05, 4.69) is 16.0 Å². The van der Waals surface area contributed by atoms with E-state index in [1.54, 1.807) is 4.90 Å². The van der Waals surface area contributed by atoms with E-state index in [4.69, 9.17) is 4.74 Å². The van der Waals surface area contributed by atoms with Crippen LogP contribution < -0.4 is 9.64 Å². The Hall–Kier alpha value is -2.96. The van der Waals surface area contributed by atoms with Crippen LogP contribution in [0.4, 0.5) is 5.13 Å². The summed E-state index contributed by atoms with van der Waals surface area (Å²) in [6.45, 7) is 1.28. The number of rotatable bonds is 7. The summed E-state index contributed by atoms with van der Waals surface area (Å²) in [6, 6.07) is 21.9. The number of likely N-dealkylation sites (N-methyl/N-ethyl adjacent to an activating group) is 1. The Bertz CT molecular complexity index is 1110. The molecule has 5 nitrogen and oxygen atoms in total. The molecule has 1 aromatic heterocycles. The van der Waals surface area contributed by atoms with Gasteiger partial charge >= 0.3 is 0 Å². The van der Waals surface area contributed by atoms with Gasteiger partial charge in [0, 0.05) is 13.1 Å². The standard InChI is InChI=1S/C23H23N3O2S/c1-25(2)13-14-26(23-24-20-9-5-6-10-21(20)29-23)22(27)16-28-19-12-11-17-7-3-4-8-18(17)15-19/h3-12,15H,13-14,16H2,1-2H3. The predicted molar refractivity (Wildman–Crippen MR) is 120 cm³/mol. The Morgan fingerprint density at radius 1 is 0.966 bits per heavy atom. The summed E-state index contributed by atoms with van der Waals surface area (Å²) in [5.41, 5.74) is 0.908. The van der Waals surface area contributed by atoms with E-state index < -0.39 is 0 Å². The van der Waals surface area contributed by atoms with E-state index >= 15 is 0 Å². The smallest absolute Gasteiger partial charge is 0.266 e. The van der Waals surface area contributed by atoms with Crippen molar-refractivity contribution < 1.29 is 9.53 Å². The van der Waals surface area contributed by atoms with Gasteiger partial charge in [0.25, 0.3) is 5.91 Å². The molecule has 0 saturated heterocycles. The molecule has 0 bridgehead atoms. The Balaban J connectivity index is 1.52. The fourth-order valence-corrected chi connectivity index (χ4v) is 4.09. The lowest BCUT2D eigenvalue weighted by Crippen LogP contribution is -2.39. The molecule has 6 heteroatoms. The third-order valence-electron chi connectivity index (χ3n) is 4.67. The molecule has 3 aromatic carbocycles. The van der Waals surface area contributed by atoms with Crippen LogP contribution in [0.3, 0.4) is 0 Å². The summed E-state index contributed by atoms with van der Waals surface area (Å²) < 4.78 is 6.90. The van der Waals surface area contributed by atoms with Crippen LogP contribution in [-0.2, 0) is 4.79 Å². The van der Waals surface area contributed by atoms with Gasteiger partial charge in [-0.05, 0) is 49.1 Å². The predicted octanol–water partition coefficient (Wildman–Crippen LogP) is 4.42. The van der Waals surface area contributed by atoms with Gasteiger partial charge in [-0.2, -0.15) is 0 Å². The Kier molecular flexibility index (Phi) is 5.74. The van der Waals surface area contributed by atoms with E-state index in [0.717, 1.165) is 27.5 Å². The van der Waals surface area contributed by atoms with Crippen molar-refractivity contribution in [3.63, 3.8) is 0 Å². The Morgan fingerprint density at radius 2 is 1.72 bits per heavy atom. The van der Waals surface area contributed by atoms with Crippen molar-refractivity contribution in [2.75, 3.05) is 38.7 Å². The number of para-hydroxylation sites is 1. The van der Waals surface area contributed by atoms with Crippen molar-refractivity contribution in [2.45, 2.75) is 0 Å². The average Bonchev–Trinajstić information content (AvgIpc) is 3.15. The zero-order valence-corrected chi connectivity index (χ0v) is 17.4. The van der Waals surface area contributed by atoms with Crippen molar-refractivity contribution in [3.8, 4) is 5.75 Å². The average molecular weight is 406 g/mol. The maximum Gasteiger partial charge on any atom is 0.266 e. The lowest BCUT2D eigenvalue weighted by molar-refractivity contribution is -0.120. The van der Waals surface area contributed by atoms with Gasteiger partial charge in [-0.1, -0.05) is 53.8 Å². The molecule has 1 amide bonds. The van der Waals surface area contributed by atoms with Crippen molar-refractivity contribution in [3.05, 3.63) is 66.7 Å². The van der Waals surface area contributed by atoms with Gasteiger partial charge < -0.3 is 9.64 Å². The normalized spacial score (nSPS) is 11.3. The van der Waals surface area contributed by atoms with Gasteiger partial charge in [-0.25, -0.2) is 4.98 Å². The van der Waals surface area contributed by atoms with Gasteiger partial charge in [-0.15, -0.1) is 0 Å². The molecule has 4 aromatic rings. The molecule has 29 heavy (non-hydrogen) atoms. The summed E-state index contributed by atoms with van der Waals surface area (Å²) in [4.78, 5) is 21.5. The first-order chi connectivity index (χ1) is 14.1. The number of carbonyl (C=O) groups is 1. The van der Waals surface area contributed by atoms with Gasteiger partial charge in [0.1, 0.15) is 5.75 Å². The van der Waals surface area contributed by atoms with E-state index in [1.165, 1.54) is 11.3 Å². The van der Waals surface area contributed by atoms with E-state index in [9.17, 15) is 4.79 Å². The molecule has 0 atom stereocenters. The highest BCUT2D eigenvalue weighted by Gasteiger charge is 2.20. The number of fused-ring (bicyclic) bond motifs is 2. The topological polar surface area (TPSA) is 45.7 Å². The summed E-state index contributed by atoms with van der Waals surface area (Å²) >= 11 is 1.53. The van der Waals surface area contributed by atoms with Crippen LogP contribution >= 0.6 is 11.3 Å². The number of hydrogen-bond acceptors (Lipinski definition) is 5. The molecule has 0 aliphatic heterocycles. The van der Waals surface area contributed by atoms with Crippen molar-refractivity contribution in [1.29, 1.82) is 0 Å². The molecule has 1 heterocycles. The molecule has 0 fully saturated rings. The van der Waals surface area contributed by atoms with E-state index in [-0.39, 0.29) is 12.5 Å². The number of thiazole rings is 1. The van der Waals surface area contributed by atoms with Crippen LogP contribution in [0.2, 0.25) is 0 Å². The summed E-state index contributed by atoms with van der Waals surface area (Å²) in [5.74, 6) is 0.591. The maximum absolute atomic E-state index is 13.0. The largest absolute Gasteiger partial charge is 0.484 e. The Morgan fingerprint density at radius 3 is 2.52 bits per heavy atom. The fraction of sp³-hybridized carbons (Fsp3) is 0.217. The lowest BCUT2D eigenvalue weighted by Gasteiger charge is -2.22. The highest BCUT2D eigenvalue weighted by molar-refractivity contribution is 7.22. The molecule has 148 valence electrons. The van der Waals surface area contributed by atoms with E-state index in [1.807, 2.05) is 74.8 Å². The van der Waals surface area contributed by atoms with E-state index in [0.29, 0.717) is 17.4 Å². The molecule has 0 N–H and O–H groups in total. The van der Waals surface area contributed by atoms with Crippen LogP contribution in [0.1, 0.15) is 0 Å². The zero-order valence-electron chi connectivity index (χ0n) is 16.5. The Labute approximate surface area is 174 Å². The molecular formula is C23H23N3O2S. The minimum absolute atomic E-state index is 0.0261. The van der Waals surface area contributed by atoms with Crippen LogP contribution in [-0.4, -0.2) is 49.6 Å². The molecule has 0 radical (unpaired) electrons. The van der Waals surface area contributed by atoms with Crippen LogP contribution in [0, 0.1) is 0 Å². The van der Waals surface area contributed by atoms with Crippen molar-refractivity contribution in [2.24, 2.45) is 0 Å². The number of benzene rings is 3. The summed E-state index contributed by atoms with van der Waals surface area (Å²) in [5, 5.41) is 2.95. The SMILES string of the molecule is CN(C)CCN(C(=O)COc1ccc2ccccc2c1)c1nc2ccccc2s1. The minimum Gasteiger partial charge on any atom is -0.484 e. The summed E-state index contributed by atoms with van der Waals surface area (Å²) in [7, 11) is 3.99. The second-order valence-corrected chi connectivity index (χ2v) is 8.12. The van der Waals surface area contributed by atoms with Crippen LogP contribution in [0.5, 0.6) is 5.75 Å². The number of amides is 1. The number of anilines is 1. The molecule has 0 unspecified atom stereocenters. The van der Waals surface area contributed by atoms with Crippen LogP contribution in [0.25, 0.3) is 21.0 Å². The second kappa shape index (κ2) is 8.59. The van der Waals surface area contributed by atoms with Gasteiger partial charge in [-0.3, -0.25) is 9.69 Å². The lowest BCUT2D eigenvalue weighted by atomic mass is 10.1. The zero-order chi connectivity index (χ0) is 20.2.